The number of carboxylic acid groups (broad SMARTS) is 1. The SMILES string of the molecule is Cc1cc(C(=O)N2C[C@@H](C)[C@H](C(=O)O)C2)ccc1Cl. The molecule has 19 heavy (non-hydrogen) atoms. The van der Waals surface area contributed by atoms with Gasteiger partial charge in [0.05, 0.1) is 5.92 Å². The molecule has 0 bridgehead atoms. The molecule has 2 rings (SSSR count). The second-order valence-electron chi connectivity index (χ2n) is 5.10. The zero-order valence-corrected chi connectivity index (χ0v) is 11.6. The topological polar surface area (TPSA) is 57.6 Å². The summed E-state index contributed by atoms with van der Waals surface area (Å²) in [6.45, 7) is 4.46. The van der Waals surface area contributed by atoms with Crippen LogP contribution in [0.25, 0.3) is 0 Å². The quantitative estimate of drug-likeness (QED) is 0.906. The molecular weight excluding hydrogens is 266 g/mol. The largest absolute Gasteiger partial charge is 0.481 e. The minimum atomic E-state index is -0.838. The van der Waals surface area contributed by atoms with Gasteiger partial charge in [-0.2, -0.15) is 0 Å². The fourth-order valence-electron chi connectivity index (χ4n) is 2.41. The third-order valence-electron chi connectivity index (χ3n) is 3.62. The maximum absolute atomic E-state index is 12.3. The summed E-state index contributed by atoms with van der Waals surface area (Å²) < 4.78 is 0. The summed E-state index contributed by atoms with van der Waals surface area (Å²) in [7, 11) is 0. The summed E-state index contributed by atoms with van der Waals surface area (Å²) in [5, 5.41) is 9.70. The number of hydrogen-bond acceptors (Lipinski definition) is 2. The van der Waals surface area contributed by atoms with E-state index in [1.807, 2.05) is 13.8 Å². The average molecular weight is 282 g/mol. The third kappa shape index (κ3) is 2.73. The second kappa shape index (κ2) is 5.21. The minimum absolute atomic E-state index is 0.0187. The van der Waals surface area contributed by atoms with Gasteiger partial charge in [-0.1, -0.05) is 18.5 Å². The van der Waals surface area contributed by atoms with E-state index < -0.39 is 11.9 Å². The van der Waals surface area contributed by atoms with Crippen LogP contribution in [0.3, 0.4) is 0 Å². The molecule has 1 heterocycles. The average Bonchev–Trinajstić information content (AvgIpc) is 2.74. The number of hydrogen-bond donors (Lipinski definition) is 1. The van der Waals surface area contributed by atoms with Crippen LogP contribution in [0.15, 0.2) is 18.2 Å². The summed E-state index contributed by atoms with van der Waals surface area (Å²) in [6, 6.07) is 5.11. The molecule has 1 saturated heterocycles. The molecule has 0 unspecified atom stereocenters. The lowest BCUT2D eigenvalue weighted by Crippen LogP contribution is -2.29. The van der Waals surface area contributed by atoms with E-state index in [1.54, 1.807) is 23.1 Å². The molecule has 0 aliphatic carbocycles. The summed E-state index contributed by atoms with van der Waals surface area (Å²) in [6.07, 6.45) is 0. The van der Waals surface area contributed by atoms with Gasteiger partial charge in [-0.05, 0) is 36.6 Å². The Morgan fingerprint density at radius 2 is 2.05 bits per heavy atom. The number of halogens is 1. The molecule has 1 aromatic rings. The molecule has 5 heteroatoms. The zero-order chi connectivity index (χ0) is 14.2. The lowest BCUT2D eigenvalue weighted by Gasteiger charge is -2.16. The number of carbonyl (C=O) groups is 2. The van der Waals surface area contributed by atoms with Crippen LogP contribution in [0.2, 0.25) is 5.02 Å². The minimum Gasteiger partial charge on any atom is -0.481 e. The fourth-order valence-corrected chi connectivity index (χ4v) is 2.53. The van der Waals surface area contributed by atoms with Crippen molar-refractivity contribution < 1.29 is 14.7 Å². The first kappa shape index (κ1) is 13.9. The Balaban J connectivity index is 2.17. The molecule has 1 fully saturated rings. The van der Waals surface area contributed by atoms with Crippen molar-refractivity contribution in [2.75, 3.05) is 13.1 Å². The first-order chi connectivity index (χ1) is 8.90. The van der Waals surface area contributed by atoms with Crippen LogP contribution in [-0.4, -0.2) is 35.0 Å². The van der Waals surface area contributed by atoms with Crippen LogP contribution >= 0.6 is 11.6 Å². The number of aryl methyl sites for hydroxylation is 1. The maximum Gasteiger partial charge on any atom is 0.308 e. The van der Waals surface area contributed by atoms with Crippen molar-refractivity contribution in [3.8, 4) is 0 Å². The highest BCUT2D eigenvalue weighted by Gasteiger charge is 2.37. The molecule has 102 valence electrons. The van der Waals surface area contributed by atoms with Crippen molar-refractivity contribution in [1.29, 1.82) is 0 Å². The molecule has 0 saturated carbocycles. The van der Waals surface area contributed by atoms with Crippen LogP contribution < -0.4 is 0 Å². The van der Waals surface area contributed by atoms with Gasteiger partial charge < -0.3 is 10.0 Å². The predicted molar refractivity (Wildman–Crippen MR) is 72.4 cm³/mol. The fraction of sp³-hybridized carbons (Fsp3) is 0.429. The Kier molecular flexibility index (Phi) is 3.80. The van der Waals surface area contributed by atoms with Gasteiger partial charge in [0, 0.05) is 23.7 Å². The third-order valence-corrected chi connectivity index (χ3v) is 4.05. The number of carbonyl (C=O) groups excluding carboxylic acids is 1. The summed E-state index contributed by atoms with van der Waals surface area (Å²) in [5.41, 5.74) is 1.40. The van der Waals surface area contributed by atoms with Crippen molar-refractivity contribution in [1.82, 2.24) is 4.90 Å². The Labute approximate surface area is 117 Å². The van der Waals surface area contributed by atoms with Gasteiger partial charge in [0.25, 0.3) is 5.91 Å². The van der Waals surface area contributed by atoms with Gasteiger partial charge in [-0.15, -0.1) is 0 Å². The van der Waals surface area contributed by atoms with Crippen LogP contribution in [0, 0.1) is 18.8 Å². The molecular formula is C14H16ClNO3. The normalized spacial score (nSPS) is 22.6. The van der Waals surface area contributed by atoms with Crippen molar-refractivity contribution in [3.63, 3.8) is 0 Å². The summed E-state index contributed by atoms with van der Waals surface area (Å²) >= 11 is 5.93. The molecule has 0 radical (unpaired) electrons. The molecule has 1 N–H and O–H groups in total. The number of likely N-dealkylation sites (tertiary alicyclic amines) is 1. The summed E-state index contributed by atoms with van der Waals surface area (Å²) in [5.74, 6) is -1.46. The van der Waals surface area contributed by atoms with Gasteiger partial charge in [-0.3, -0.25) is 9.59 Å². The molecule has 2 atom stereocenters. The molecule has 1 aliphatic heterocycles. The first-order valence-electron chi connectivity index (χ1n) is 6.18. The maximum atomic E-state index is 12.3. The molecule has 0 spiro atoms. The number of carboxylic acids is 1. The highest BCUT2D eigenvalue weighted by Crippen LogP contribution is 2.25. The van der Waals surface area contributed by atoms with E-state index in [9.17, 15) is 9.59 Å². The number of rotatable bonds is 2. The zero-order valence-electron chi connectivity index (χ0n) is 10.9. The van der Waals surface area contributed by atoms with Crippen LogP contribution in [0.4, 0.5) is 0 Å². The number of benzene rings is 1. The Morgan fingerprint density at radius 1 is 1.37 bits per heavy atom. The van der Waals surface area contributed by atoms with Crippen molar-refractivity contribution >= 4 is 23.5 Å². The van der Waals surface area contributed by atoms with E-state index in [4.69, 9.17) is 16.7 Å². The van der Waals surface area contributed by atoms with Gasteiger partial charge in [0.15, 0.2) is 0 Å². The lowest BCUT2D eigenvalue weighted by atomic mass is 9.99. The van der Waals surface area contributed by atoms with Crippen LogP contribution in [-0.2, 0) is 4.79 Å². The molecule has 0 aromatic heterocycles. The van der Waals surface area contributed by atoms with Crippen molar-refractivity contribution in [3.05, 3.63) is 34.3 Å². The predicted octanol–water partition coefficient (Wildman–Crippen LogP) is 2.44. The Bertz CT molecular complexity index is 529. The lowest BCUT2D eigenvalue weighted by molar-refractivity contribution is -0.142. The van der Waals surface area contributed by atoms with E-state index in [0.29, 0.717) is 17.1 Å². The van der Waals surface area contributed by atoms with E-state index in [1.165, 1.54) is 0 Å². The Hall–Kier alpha value is -1.55. The highest BCUT2D eigenvalue weighted by molar-refractivity contribution is 6.31. The van der Waals surface area contributed by atoms with Crippen molar-refractivity contribution in [2.24, 2.45) is 11.8 Å². The van der Waals surface area contributed by atoms with Gasteiger partial charge in [0.2, 0.25) is 0 Å². The molecule has 1 aliphatic rings. The van der Waals surface area contributed by atoms with Gasteiger partial charge >= 0.3 is 5.97 Å². The smallest absolute Gasteiger partial charge is 0.308 e. The number of aliphatic carboxylic acids is 1. The molecule has 1 aromatic carbocycles. The molecule has 4 nitrogen and oxygen atoms in total. The van der Waals surface area contributed by atoms with E-state index >= 15 is 0 Å². The summed E-state index contributed by atoms with van der Waals surface area (Å²) in [4.78, 5) is 25.0. The van der Waals surface area contributed by atoms with Crippen LogP contribution in [0.5, 0.6) is 0 Å². The van der Waals surface area contributed by atoms with Crippen LogP contribution in [0.1, 0.15) is 22.8 Å². The van der Waals surface area contributed by atoms with E-state index in [2.05, 4.69) is 0 Å². The standard InChI is InChI=1S/C14H16ClNO3/c1-8-5-10(3-4-12(8)15)13(17)16-6-9(2)11(7-16)14(18)19/h3-5,9,11H,6-7H2,1-2H3,(H,18,19)/t9-,11-/m1/s1. The highest BCUT2D eigenvalue weighted by atomic mass is 35.5. The van der Waals surface area contributed by atoms with Crippen molar-refractivity contribution in [2.45, 2.75) is 13.8 Å². The number of nitrogens with zero attached hydrogens (tertiary/aromatic N) is 1. The number of amides is 1. The Morgan fingerprint density at radius 3 is 2.58 bits per heavy atom. The van der Waals surface area contributed by atoms with Gasteiger partial charge in [0.1, 0.15) is 0 Å². The second-order valence-corrected chi connectivity index (χ2v) is 5.50. The van der Waals surface area contributed by atoms with E-state index in [-0.39, 0.29) is 18.4 Å². The molecule has 1 amide bonds. The monoisotopic (exact) mass is 281 g/mol. The van der Waals surface area contributed by atoms with Gasteiger partial charge in [-0.25, -0.2) is 0 Å². The van der Waals surface area contributed by atoms with E-state index in [0.717, 1.165) is 5.56 Å². The first-order valence-corrected chi connectivity index (χ1v) is 6.56.